The third kappa shape index (κ3) is 3.54. The fourth-order valence-electron chi connectivity index (χ4n) is 8.42. The summed E-state index contributed by atoms with van der Waals surface area (Å²) in [5.41, 5.74) is -5.31. The van der Waals surface area contributed by atoms with Gasteiger partial charge in [-0.3, -0.25) is 0 Å². The molecule has 5 N–H and O–H groups in total. The molecule has 7 heteroatoms. The Hall–Kier alpha value is -2.03. The molecule has 0 aliphatic heterocycles. The summed E-state index contributed by atoms with van der Waals surface area (Å²) in [6.07, 6.45) is 4.57. The molecule has 0 aromatic heterocycles. The molecule has 3 fully saturated rings. The fourth-order valence-corrected chi connectivity index (χ4v) is 8.42. The number of ether oxygens (including phenoxy) is 1. The number of aliphatic hydroxyl groups excluding tert-OH is 2. The number of fused-ring (bicyclic) bond motifs is 5. The largest absolute Gasteiger partial charge is 0.458 e. The van der Waals surface area contributed by atoms with Crippen LogP contribution in [0.1, 0.15) is 71.3 Å². The zero-order valence-electron chi connectivity index (χ0n) is 21.9. The van der Waals surface area contributed by atoms with E-state index in [1.807, 2.05) is 36.4 Å². The van der Waals surface area contributed by atoms with Crippen LogP contribution in [0.2, 0.25) is 0 Å². The van der Waals surface area contributed by atoms with Gasteiger partial charge in [0.25, 0.3) is 0 Å². The zero-order valence-corrected chi connectivity index (χ0v) is 21.9. The molecule has 0 saturated heterocycles. The molecule has 9 atom stereocenters. The summed E-state index contributed by atoms with van der Waals surface area (Å²) in [5.74, 6) is -1.07. The molecular formula is C30H40O7. The predicted molar refractivity (Wildman–Crippen MR) is 138 cm³/mol. The van der Waals surface area contributed by atoms with E-state index in [1.54, 1.807) is 13.0 Å². The van der Waals surface area contributed by atoms with Crippen molar-refractivity contribution in [1.82, 2.24) is 0 Å². The molecule has 1 aromatic carbocycles. The summed E-state index contributed by atoms with van der Waals surface area (Å²) < 4.78 is 6.04. The summed E-state index contributed by atoms with van der Waals surface area (Å²) in [7, 11) is 0. The Kier molecular flexibility index (Phi) is 6.28. The maximum Gasteiger partial charge on any atom is 0.331 e. The topological polar surface area (TPSA) is 127 Å². The summed E-state index contributed by atoms with van der Waals surface area (Å²) in [6, 6.07) is 9.34. The van der Waals surface area contributed by atoms with Crippen molar-refractivity contribution < 1.29 is 35.1 Å². The van der Waals surface area contributed by atoms with Crippen LogP contribution < -0.4 is 0 Å². The first kappa shape index (κ1) is 26.6. The fraction of sp³-hybridized carbons (Fsp3) is 0.633. The lowest BCUT2D eigenvalue weighted by atomic mass is 9.42. The normalized spacial score (nSPS) is 45.9. The number of aliphatic hydroxyl groups is 5. The van der Waals surface area contributed by atoms with Crippen LogP contribution in [0.3, 0.4) is 0 Å². The van der Waals surface area contributed by atoms with E-state index in [1.165, 1.54) is 13.0 Å². The number of rotatable bonds is 4. The molecule has 1 aromatic rings. The molecule has 5 rings (SSSR count). The standard InChI is InChI=1S/C30H40O7/c1-19(31)28(34)15-16-30(36)27(28,3)24(37-25(33)10-9-20-7-5-4-6-8-20)18-23-26(2)13-12-22(32)17-21(26)11-14-29(23,30)35/h4-11,19,22-24,31-32,34-36H,12-18H2,1-3H3/t19-,22+,23+,24-,26+,27-,28-,29+,30+/m1/s1. The first-order valence-corrected chi connectivity index (χ1v) is 13.5. The lowest BCUT2D eigenvalue weighted by molar-refractivity contribution is -0.326. The van der Waals surface area contributed by atoms with Gasteiger partial charge in [-0.15, -0.1) is 0 Å². The van der Waals surface area contributed by atoms with Gasteiger partial charge in [-0.05, 0) is 68.9 Å². The molecule has 202 valence electrons. The Balaban J connectivity index is 1.57. The lowest BCUT2D eigenvalue weighted by Crippen LogP contribution is -2.78. The number of hydrogen-bond acceptors (Lipinski definition) is 7. The second-order valence-corrected chi connectivity index (χ2v) is 12.3. The molecule has 4 aliphatic carbocycles. The first-order chi connectivity index (χ1) is 17.3. The first-order valence-electron chi connectivity index (χ1n) is 13.5. The van der Waals surface area contributed by atoms with Gasteiger partial charge in [0.2, 0.25) is 0 Å². The van der Waals surface area contributed by atoms with Crippen LogP contribution in [0, 0.1) is 16.7 Å². The van der Waals surface area contributed by atoms with E-state index in [9.17, 15) is 30.3 Å². The average molecular weight is 513 g/mol. The third-order valence-corrected chi connectivity index (χ3v) is 10.8. The summed E-state index contributed by atoms with van der Waals surface area (Å²) in [6.45, 7) is 5.19. The van der Waals surface area contributed by atoms with Crippen molar-refractivity contribution in [2.24, 2.45) is 16.7 Å². The van der Waals surface area contributed by atoms with E-state index in [0.717, 1.165) is 11.1 Å². The van der Waals surface area contributed by atoms with Crippen molar-refractivity contribution in [1.29, 1.82) is 0 Å². The Morgan fingerprint density at radius 1 is 1.11 bits per heavy atom. The maximum atomic E-state index is 13.1. The van der Waals surface area contributed by atoms with Crippen LogP contribution in [0.4, 0.5) is 0 Å². The van der Waals surface area contributed by atoms with E-state index < -0.39 is 57.8 Å². The molecule has 0 bridgehead atoms. The van der Waals surface area contributed by atoms with E-state index in [0.29, 0.717) is 19.3 Å². The number of hydrogen-bond donors (Lipinski definition) is 5. The second kappa shape index (κ2) is 8.75. The van der Waals surface area contributed by atoms with Crippen LogP contribution in [0.15, 0.2) is 48.1 Å². The van der Waals surface area contributed by atoms with Crippen LogP contribution in [0.25, 0.3) is 6.08 Å². The Morgan fingerprint density at radius 2 is 1.81 bits per heavy atom. The zero-order chi connectivity index (χ0) is 26.9. The molecule has 7 nitrogen and oxygen atoms in total. The Morgan fingerprint density at radius 3 is 2.49 bits per heavy atom. The van der Waals surface area contributed by atoms with Gasteiger partial charge in [0, 0.05) is 12.0 Å². The predicted octanol–water partition coefficient (Wildman–Crippen LogP) is 2.89. The quantitative estimate of drug-likeness (QED) is 0.238. The Bertz CT molecular complexity index is 1110. The number of esters is 1. The van der Waals surface area contributed by atoms with Crippen molar-refractivity contribution in [2.45, 2.75) is 101 Å². The van der Waals surface area contributed by atoms with Crippen molar-refractivity contribution in [3.8, 4) is 0 Å². The van der Waals surface area contributed by atoms with Crippen molar-refractivity contribution in [2.75, 3.05) is 0 Å². The molecule has 3 saturated carbocycles. The van der Waals surface area contributed by atoms with Gasteiger partial charge in [-0.2, -0.15) is 0 Å². The van der Waals surface area contributed by atoms with Crippen molar-refractivity contribution in [3.63, 3.8) is 0 Å². The van der Waals surface area contributed by atoms with Crippen molar-refractivity contribution >= 4 is 12.0 Å². The van der Waals surface area contributed by atoms with Crippen LogP contribution in [-0.2, 0) is 9.53 Å². The van der Waals surface area contributed by atoms with Crippen LogP contribution in [0.5, 0.6) is 0 Å². The van der Waals surface area contributed by atoms with E-state index in [2.05, 4.69) is 6.92 Å². The van der Waals surface area contributed by atoms with Crippen LogP contribution in [-0.4, -0.2) is 66.6 Å². The minimum Gasteiger partial charge on any atom is -0.458 e. The third-order valence-electron chi connectivity index (χ3n) is 10.8. The number of carbonyl (C=O) groups excluding carboxylic acids is 1. The molecule has 4 aliphatic rings. The number of carbonyl (C=O) groups is 1. The van der Waals surface area contributed by atoms with Gasteiger partial charge in [0.15, 0.2) is 0 Å². The van der Waals surface area contributed by atoms with Crippen LogP contribution >= 0.6 is 0 Å². The molecule has 0 unspecified atom stereocenters. The van der Waals surface area contributed by atoms with Gasteiger partial charge >= 0.3 is 5.97 Å². The minimum atomic E-state index is -1.82. The van der Waals surface area contributed by atoms with Crippen molar-refractivity contribution in [3.05, 3.63) is 53.6 Å². The highest BCUT2D eigenvalue weighted by molar-refractivity contribution is 5.87. The smallest absolute Gasteiger partial charge is 0.331 e. The summed E-state index contributed by atoms with van der Waals surface area (Å²) in [4.78, 5) is 13.1. The van der Waals surface area contributed by atoms with E-state index in [-0.39, 0.29) is 25.7 Å². The molecule has 37 heavy (non-hydrogen) atoms. The highest BCUT2D eigenvalue weighted by atomic mass is 16.5. The number of benzene rings is 1. The lowest BCUT2D eigenvalue weighted by Gasteiger charge is -2.67. The molecular weight excluding hydrogens is 472 g/mol. The average Bonchev–Trinajstić information content (AvgIpc) is 3.10. The second-order valence-electron chi connectivity index (χ2n) is 12.3. The highest BCUT2D eigenvalue weighted by Crippen LogP contribution is 2.71. The van der Waals surface area contributed by atoms with Gasteiger partial charge in [0.1, 0.15) is 22.9 Å². The molecule has 0 amide bonds. The summed E-state index contributed by atoms with van der Waals surface area (Å²) >= 11 is 0. The van der Waals surface area contributed by atoms with E-state index in [4.69, 9.17) is 4.74 Å². The molecule has 0 radical (unpaired) electrons. The highest BCUT2D eigenvalue weighted by Gasteiger charge is 2.81. The Labute approximate surface area is 218 Å². The minimum absolute atomic E-state index is 0.0621. The monoisotopic (exact) mass is 512 g/mol. The SMILES string of the molecule is C[C@@H](O)[C@]1(O)CC[C@]2(O)[C@]1(C)[C@H](OC(=O)C=Cc1ccccc1)C[C@H]1[C@@]3(C)CC[C@H](O)CC3=CC[C@]12O. The van der Waals surface area contributed by atoms with Gasteiger partial charge in [0.05, 0.1) is 17.6 Å². The van der Waals surface area contributed by atoms with Gasteiger partial charge in [-0.25, -0.2) is 4.79 Å². The van der Waals surface area contributed by atoms with E-state index >= 15 is 0 Å². The summed E-state index contributed by atoms with van der Waals surface area (Å²) in [5, 5.41) is 57.7. The molecule has 0 heterocycles. The molecule has 0 spiro atoms. The maximum absolute atomic E-state index is 13.1. The van der Waals surface area contributed by atoms with Gasteiger partial charge in [-0.1, -0.05) is 55.8 Å². The van der Waals surface area contributed by atoms with Gasteiger partial charge < -0.3 is 30.3 Å².